The minimum absolute atomic E-state index is 0.283. The van der Waals surface area contributed by atoms with Gasteiger partial charge in [-0.1, -0.05) is 22.0 Å². The van der Waals surface area contributed by atoms with Crippen molar-refractivity contribution >= 4 is 49.7 Å². The number of nitrogens with zero attached hydrogens (tertiary/aromatic N) is 1. The van der Waals surface area contributed by atoms with Gasteiger partial charge in [0.05, 0.1) is 6.04 Å². The average molecular weight is 504 g/mol. The Labute approximate surface area is 194 Å². The predicted octanol–water partition coefficient (Wildman–Crippen LogP) is 5.27. The van der Waals surface area contributed by atoms with Gasteiger partial charge in [0.2, 0.25) is 0 Å². The molecule has 0 aliphatic carbocycles. The number of hydrogen-bond acceptors (Lipinski definition) is 6. The lowest BCUT2D eigenvalue weighted by Gasteiger charge is -2.30. The smallest absolute Gasteiger partial charge is 0.410 e. The van der Waals surface area contributed by atoms with Crippen LogP contribution in [0.3, 0.4) is 0 Å². The van der Waals surface area contributed by atoms with E-state index in [0.717, 1.165) is 27.2 Å². The number of likely N-dealkylation sites (tertiary alicyclic amines) is 1. The van der Waals surface area contributed by atoms with Crippen LogP contribution in [-0.2, 0) is 9.47 Å². The first-order chi connectivity index (χ1) is 15.1. The minimum Gasteiger partial charge on any atom is -0.456 e. The van der Waals surface area contributed by atoms with Gasteiger partial charge in [-0.3, -0.25) is 4.79 Å². The molecule has 2 heterocycles. The standard InChI is InChI=1S/C24H26BrNO6/c1-24(2,3)32-23(29)26-10-4-5-18(26)22(28)30-13-19(27)14-6-8-16-17-9-7-15(25)12-21(17)31-20(16)11-14/h6-9,11-12,18,22,28H,4-5,10,13H2,1-3H3/t18-,22?/m0/s1. The number of Topliss-reactive ketones (excluding diaryl/α,β-unsaturated/α-hetero) is 1. The summed E-state index contributed by atoms with van der Waals surface area (Å²) in [4.78, 5) is 26.6. The zero-order valence-corrected chi connectivity index (χ0v) is 19.8. The number of rotatable bonds is 5. The van der Waals surface area contributed by atoms with Gasteiger partial charge in [0.1, 0.15) is 23.4 Å². The second-order valence-corrected chi connectivity index (χ2v) is 9.88. The Morgan fingerprint density at radius 1 is 1.19 bits per heavy atom. The van der Waals surface area contributed by atoms with Crippen molar-refractivity contribution in [3.05, 3.63) is 46.4 Å². The molecule has 1 amide bonds. The van der Waals surface area contributed by atoms with Gasteiger partial charge in [0.15, 0.2) is 12.1 Å². The fraction of sp³-hybridized carbons (Fsp3) is 0.417. The number of aliphatic hydroxyl groups is 1. The van der Waals surface area contributed by atoms with Gasteiger partial charge in [-0.2, -0.15) is 0 Å². The number of fused-ring (bicyclic) bond motifs is 3. The molecule has 0 radical (unpaired) electrons. The molecule has 2 aromatic carbocycles. The Morgan fingerprint density at radius 2 is 1.88 bits per heavy atom. The summed E-state index contributed by atoms with van der Waals surface area (Å²) in [6.45, 7) is 5.54. The molecule has 3 aromatic rings. The molecule has 32 heavy (non-hydrogen) atoms. The Kier molecular flexibility index (Phi) is 6.29. The van der Waals surface area contributed by atoms with E-state index in [0.29, 0.717) is 24.1 Å². The minimum atomic E-state index is -1.28. The number of halogens is 1. The number of aliphatic hydroxyl groups excluding tert-OH is 1. The van der Waals surface area contributed by atoms with E-state index in [1.54, 1.807) is 32.9 Å². The highest BCUT2D eigenvalue weighted by atomic mass is 79.9. The van der Waals surface area contributed by atoms with Crippen molar-refractivity contribution in [3.8, 4) is 0 Å². The fourth-order valence-electron chi connectivity index (χ4n) is 3.92. The topological polar surface area (TPSA) is 89.2 Å². The van der Waals surface area contributed by atoms with E-state index < -0.39 is 24.0 Å². The molecule has 0 saturated carbocycles. The number of hydrogen-bond donors (Lipinski definition) is 1. The second kappa shape index (κ2) is 8.84. The molecule has 1 aromatic heterocycles. The van der Waals surface area contributed by atoms with Crippen LogP contribution in [0.2, 0.25) is 0 Å². The maximum Gasteiger partial charge on any atom is 0.410 e. The molecular formula is C24H26BrNO6. The lowest BCUT2D eigenvalue weighted by Crippen LogP contribution is -2.46. The van der Waals surface area contributed by atoms with Gasteiger partial charge in [-0.15, -0.1) is 0 Å². The summed E-state index contributed by atoms with van der Waals surface area (Å²) in [5.74, 6) is -0.283. The third-order valence-electron chi connectivity index (χ3n) is 5.40. The Hall–Kier alpha value is -2.42. The molecule has 1 unspecified atom stereocenters. The van der Waals surface area contributed by atoms with Crippen molar-refractivity contribution < 1.29 is 28.6 Å². The molecule has 4 rings (SSSR count). The predicted molar refractivity (Wildman–Crippen MR) is 124 cm³/mol. The first-order valence-electron chi connectivity index (χ1n) is 10.6. The summed E-state index contributed by atoms with van der Waals surface area (Å²) in [5, 5.41) is 12.4. The zero-order chi connectivity index (χ0) is 23.0. The largest absolute Gasteiger partial charge is 0.456 e. The molecule has 1 N–H and O–H groups in total. The van der Waals surface area contributed by atoms with Crippen LogP contribution in [0.5, 0.6) is 0 Å². The summed E-state index contributed by atoms with van der Waals surface area (Å²) in [7, 11) is 0. The van der Waals surface area contributed by atoms with Crippen LogP contribution < -0.4 is 0 Å². The van der Waals surface area contributed by atoms with E-state index >= 15 is 0 Å². The highest BCUT2D eigenvalue weighted by molar-refractivity contribution is 9.10. The third-order valence-corrected chi connectivity index (χ3v) is 5.89. The van der Waals surface area contributed by atoms with Crippen molar-refractivity contribution in [3.63, 3.8) is 0 Å². The van der Waals surface area contributed by atoms with Crippen LogP contribution in [0.15, 0.2) is 45.3 Å². The highest BCUT2D eigenvalue weighted by Crippen LogP contribution is 2.31. The Morgan fingerprint density at radius 3 is 2.59 bits per heavy atom. The lowest BCUT2D eigenvalue weighted by atomic mass is 10.1. The molecule has 7 nitrogen and oxygen atoms in total. The summed E-state index contributed by atoms with van der Waals surface area (Å²) in [5.41, 5.74) is 1.14. The van der Waals surface area contributed by atoms with Crippen LogP contribution in [0.1, 0.15) is 44.0 Å². The molecule has 1 aliphatic heterocycles. The lowest BCUT2D eigenvalue weighted by molar-refractivity contribution is -0.128. The number of benzene rings is 2. The van der Waals surface area contributed by atoms with Gasteiger partial charge in [-0.25, -0.2) is 4.79 Å². The number of carbonyl (C=O) groups is 2. The molecule has 1 saturated heterocycles. The first kappa shape index (κ1) is 22.8. The summed E-state index contributed by atoms with van der Waals surface area (Å²) in [6, 6.07) is 10.5. The van der Waals surface area contributed by atoms with Gasteiger partial charge in [-0.05, 0) is 63.9 Å². The quantitative estimate of drug-likeness (QED) is 0.377. The third kappa shape index (κ3) is 4.82. The second-order valence-electron chi connectivity index (χ2n) is 8.96. The molecule has 170 valence electrons. The fourth-order valence-corrected chi connectivity index (χ4v) is 4.26. The Balaban J connectivity index is 1.42. The molecule has 1 aliphatic rings. The van der Waals surface area contributed by atoms with E-state index in [2.05, 4.69) is 15.9 Å². The monoisotopic (exact) mass is 503 g/mol. The summed E-state index contributed by atoms with van der Waals surface area (Å²) >= 11 is 3.43. The summed E-state index contributed by atoms with van der Waals surface area (Å²) in [6.07, 6.45) is -0.455. The first-order valence-corrected chi connectivity index (χ1v) is 11.4. The maximum atomic E-state index is 12.7. The van der Waals surface area contributed by atoms with Gasteiger partial charge in [0.25, 0.3) is 0 Å². The van der Waals surface area contributed by atoms with Gasteiger partial charge >= 0.3 is 6.09 Å². The van der Waals surface area contributed by atoms with Crippen molar-refractivity contribution in [2.45, 2.75) is 51.5 Å². The van der Waals surface area contributed by atoms with E-state index in [4.69, 9.17) is 13.9 Å². The molecular weight excluding hydrogens is 478 g/mol. The number of furan rings is 1. The van der Waals surface area contributed by atoms with Gasteiger partial charge < -0.3 is 23.9 Å². The number of amides is 1. The van der Waals surface area contributed by atoms with E-state index in [1.165, 1.54) is 4.90 Å². The summed E-state index contributed by atoms with van der Waals surface area (Å²) < 4.78 is 17.7. The van der Waals surface area contributed by atoms with Crippen molar-refractivity contribution in [2.24, 2.45) is 0 Å². The van der Waals surface area contributed by atoms with Crippen LogP contribution >= 0.6 is 15.9 Å². The molecule has 1 fully saturated rings. The van der Waals surface area contributed by atoms with E-state index in [1.807, 2.05) is 24.3 Å². The van der Waals surface area contributed by atoms with Crippen LogP contribution in [-0.4, -0.2) is 53.0 Å². The highest BCUT2D eigenvalue weighted by Gasteiger charge is 2.37. The number of carbonyl (C=O) groups excluding carboxylic acids is 2. The van der Waals surface area contributed by atoms with E-state index in [-0.39, 0.29) is 12.4 Å². The van der Waals surface area contributed by atoms with Crippen molar-refractivity contribution in [1.29, 1.82) is 0 Å². The van der Waals surface area contributed by atoms with Crippen molar-refractivity contribution in [2.75, 3.05) is 13.2 Å². The molecule has 2 atom stereocenters. The maximum absolute atomic E-state index is 12.7. The normalized spacial score (nSPS) is 17.8. The molecule has 8 heteroatoms. The van der Waals surface area contributed by atoms with Crippen LogP contribution in [0.4, 0.5) is 4.79 Å². The van der Waals surface area contributed by atoms with Gasteiger partial charge in [0, 0.05) is 27.4 Å². The number of ether oxygens (including phenoxy) is 2. The Bertz CT molecular complexity index is 1160. The average Bonchev–Trinajstić information content (AvgIpc) is 3.34. The van der Waals surface area contributed by atoms with Crippen LogP contribution in [0.25, 0.3) is 21.9 Å². The van der Waals surface area contributed by atoms with Crippen molar-refractivity contribution in [1.82, 2.24) is 4.90 Å². The zero-order valence-electron chi connectivity index (χ0n) is 18.3. The number of ketones is 1. The molecule has 0 bridgehead atoms. The SMILES string of the molecule is CC(C)(C)OC(=O)N1CCC[C@H]1C(O)OCC(=O)c1ccc2c(c1)oc1cc(Br)ccc12. The molecule has 0 spiro atoms. The van der Waals surface area contributed by atoms with E-state index in [9.17, 15) is 14.7 Å². The van der Waals surface area contributed by atoms with Crippen LogP contribution in [0, 0.1) is 0 Å².